The summed E-state index contributed by atoms with van der Waals surface area (Å²) < 4.78 is 18.4. The van der Waals surface area contributed by atoms with Gasteiger partial charge in [0.05, 0.1) is 22.1 Å². The largest absolute Gasteiger partial charge is 0.375 e. The maximum atomic E-state index is 11.0. The second kappa shape index (κ2) is 9.51. The van der Waals surface area contributed by atoms with E-state index in [1.807, 2.05) is 0 Å². The Balaban J connectivity index is 1.64. The summed E-state index contributed by atoms with van der Waals surface area (Å²) in [7, 11) is 0. The SMILES string of the molecule is O=[N+]([O-])c1ccc(C(OC(c2ccc([N+](=O)[O-])cc2)C2CCCO2)C2CCCO2)cc1. The van der Waals surface area contributed by atoms with Gasteiger partial charge in [-0.25, -0.2) is 0 Å². The maximum Gasteiger partial charge on any atom is 0.269 e. The first-order valence-electron chi connectivity index (χ1n) is 10.4. The van der Waals surface area contributed by atoms with Crippen molar-refractivity contribution in [3.8, 4) is 0 Å². The Bertz CT molecular complexity index is 829. The molecule has 2 aliphatic rings. The third-order valence-corrected chi connectivity index (χ3v) is 5.76. The average molecular weight is 428 g/mol. The van der Waals surface area contributed by atoms with E-state index >= 15 is 0 Å². The molecule has 0 radical (unpaired) electrons. The lowest BCUT2D eigenvalue weighted by Gasteiger charge is -2.32. The molecule has 9 heteroatoms. The molecule has 0 saturated carbocycles. The lowest BCUT2D eigenvalue weighted by Crippen LogP contribution is -2.28. The second-order valence-electron chi connectivity index (χ2n) is 7.78. The number of nitrogens with zero attached hydrogens (tertiary/aromatic N) is 2. The summed E-state index contributed by atoms with van der Waals surface area (Å²) in [4.78, 5) is 21.2. The lowest BCUT2D eigenvalue weighted by molar-refractivity contribution is -0.385. The molecule has 2 fully saturated rings. The topological polar surface area (TPSA) is 114 Å². The van der Waals surface area contributed by atoms with Crippen LogP contribution in [-0.4, -0.2) is 35.3 Å². The average Bonchev–Trinajstić information content (AvgIpc) is 3.49. The molecule has 2 aliphatic heterocycles. The van der Waals surface area contributed by atoms with E-state index in [-0.39, 0.29) is 23.6 Å². The fourth-order valence-corrected chi connectivity index (χ4v) is 4.17. The van der Waals surface area contributed by atoms with E-state index < -0.39 is 22.1 Å². The van der Waals surface area contributed by atoms with Gasteiger partial charge in [0, 0.05) is 37.5 Å². The Morgan fingerprint density at radius 1 is 0.742 bits per heavy atom. The fraction of sp³-hybridized carbons (Fsp3) is 0.455. The molecule has 164 valence electrons. The minimum atomic E-state index is -0.437. The molecule has 0 bridgehead atoms. The summed E-state index contributed by atoms with van der Waals surface area (Å²) in [6, 6.07) is 12.7. The Morgan fingerprint density at radius 2 is 1.13 bits per heavy atom. The van der Waals surface area contributed by atoms with Gasteiger partial charge < -0.3 is 14.2 Å². The van der Waals surface area contributed by atoms with E-state index in [9.17, 15) is 20.2 Å². The minimum absolute atomic E-state index is 0.0147. The first-order valence-corrected chi connectivity index (χ1v) is 10.4. The van der Waals surface area contributed by atoms with Gasteiger partial charge in [0.2, 0.25) is 0 Å². The van der Waals surface area contributed by atoms with Crippen molar-refractivity contribution in [2.75, 3.05) is 13.2 Å². The van der Waals surface area contributed by atoms with Crippen LogP contribution in [-0.2, 0) is 14.2 Å². The van der Waals surface area contributed by atoms with Crippen LogP contribution < -0.4 is 0 Å². The summed E-state index contributed by atoms with van der Waals surface area (Å²) in [5, 5.41) is 22.1. The molecule has 2 aromatic rings. The van der Waals surface area contributed by atoms with Crippen molar-refractivity contribution in [2.24, 2.45) is 0 Å². The number of rotatable bonds is 8. The van der Waals surface area contributed by atoms with Crippen LogP contribution in [0.5, 0.6) is 0 Å². The molecule has 4 unspecified atom stereocenters. The number of nitro groups is 2. The van der Waals surface area contributed by atoms with Crippen molar-refractivity contribution in [1.29, 1.82) is 0 Å². The molecule has 0 spiro atoms. The zero-order chi connectivity index (χ0) is 21.8. The van der Waals surface area contributed by atoms with Crippen LogP contribution >= 0.6 is 0 Å². The highest BCUT2D eigenvalue weighted by Gasteiger charge is 2.36. The smallest absolute Gasteiger partial charge is 0.269 e. The van der Waals surface area contributed by atoms with Gasteiger partial charge in [-0.1, -0.05) is 0 Å². The van der Waals surface area contributed by atoms with Crippen LogP contribution in [0.4, 0.5) is 11.4 Å². The van der Waals surface area contributed by atoms with Crippen molar-refractivity contribution in [3.05, 3.63) is 79.9 Å². The summed E-state index contributed by atoms with van der Waals surface area (Å²) in [5.41, 5.74) is 1.62. The Kier molecular flexibility index (Phi) is 6.55. The molecule has 0 aliphatic carbocycles. The molecule has 2 saturated heterocycles. The first-order chi connectivity index (χ1) is 15.0. The van der Waals surface area contributed by atoms with Crippen LogP contribution in [0.25, 0.3) is 0 Å². The predicted molar refractivity (Wildman–Crippen MR) is 111 cm³/mol. The van der Waals surface area contributed by atoms with Gasteiger partial charge in [0.25, 0.3) is 11.4 Å². The van der Waals surface area contributed by atoms with Crippen LogP contribution in [0, 0.1) is 20.2 Å². The third kappa shape index (κ3) is 4.90. The minimum Gasteiger partial charge on any atom is -0.375 e. The Labute approximate surface area is 179 Å². The van der Waals surface area contributed by atoms with Crippen molar-refractivity contribution in [1.82, 2.24) is 0 Å². The summed E-state index contributed by atoms with van der Waals surface area (Å²) in [6.45, 7) is 1.28. The van der Waals surface area contributed by atoms with E-state index in [0.29, 0.717) is 13.2 Å². The Hall–Kier alpha value is -2.88. The number of non-ortho nitro benzene ring substituents is 2. The number of benzene rings is 2. The molecule has 4 rings (SSSR count). The number of ether oxygens (including phenoxy) is 3. The van der Waals surface area contributed by atoms with Crippen LogP contribution in [0.3, 0.4) is 0 Å². The van der Waals surface area contributed by atoms with E-state index in [1.165, 1.54) is 24.3 Å². The fourth-order valence-electron chi connectivity index (χ4n) is 4.17. The normalized spacial score (nSPS) is 22.8. The molecule has 0 aromatic heterocycles. The van der Waals surface area contributed by atoms with Gasteiger partial charge in [-0.2, -0.15) is 0 Å². The molecule has 2 heterocycles. The standard InChI is InChI=1S/C22H24N2O7/c25-23(26)17-9-5-15(6-10-17)21(19-3-1-13-29-19)31-22(20-4-2-14-30-20)16-7-11-18(12-8-16)24(27)28/h5-12,19-22H,1-4,13-14H2. The highest BCUT2D eigenvalue weighted by atomic mass is 16.6. The molecule has 0 amide bonds. The Morgan fingerprint density at radius 3 is 1.42 bits per heavy atom. The highest BCUT2D eigenvalue weighted by molar-refractivity contribution is 5.36. The zero-order valence-electron chi connectivity index (χ0n) is 16.9. The van der Waals surface area contributed by atoms with Crippen molar-refractivity contribution < 1.29 is 24.1 Å². The summed E-state index contributed by atoms with van der Waals surface area (Å²) in [5.74, 6) is 0. The van der Waals surface area contributed by atoms with E-state index in [1.54, 1.807) is 24.3 Å². The van der Waals surface area contributed by atoms with E-state index in [4.69, 9.17) is 14.2 Å². The molecule has 9 nitrogen and oxygen atoms in total. The van der Waals surface area contributed by atoms with Crippen molar-refractivity contribution in [3.63, 3.8) is 0 Å². The molecule has 0 N–H and O–H groups in total. The third-order valence-electron chi connectivity index (χ3n) is 5.76. The van der Waals surface area contributed by atoms with Crippen molar-refractivity contribution in [2.45, 2.75) is 50.1 Å². The molecular weight excluding hydrogens is 404 g/mol. The number of nitro benzene ring substituents is 2. The second-order valence-corrected chi connectivity index (χ2v) is 7.78. The maximum absolute atomic E-state index is 11.0. The van der Waals surface area contributed by atoms with Gasteiger partial charge in [-0.05, 0) is 61.1 Å². The molecule has 31 heavy (non-hydrogen) atoms. The van der Waals surface area contributed by atoms with Gasteiger partial charge in [0.15, 0.2) is 0 Å². The van der Waals surface area contributed by atoms with Crippen LogP contribution in [0.2, 0.25) is 0 Å². The predicted octanol–water partition coefficient (Wildman–Crippen LogP) is 4.66. The van der Waals surface area contributed by atoms with Gasteiger partial charge in [0.1, 0.15) is 12.2 Å². The van der Waals surface area contributed by atoms with Crippen LogP contribution in [0.15, 0.2) is 48.5 Å². The summed E-state index contributed by atoms with van der Waals surface area (Å²) >= 11 is 0. The number of hydrogen-bond donors (Lipinski definition) is 0. The van der Waals surface area contributed by atoms with Crippen molar-refractivity contribution >= 4 is 11.4 Å². The summed E-state index contributed by atoms with van der Waals surface area (Å²) in [6.07, 6.45) is 2.24. The lowest BCUT2D eigenvalue weighted by atomic mass is 9.98. The van der Waals surface area contributed by atoms with Gasteiger partial charge in [-0.15, -0.1) is 0 Å². The number of hydrogen-bond acceptors (Lipinski definition) is 7. The molecular formula is C22H24N2O7. The molecule has 2 aromatic carbocycles. The first kappa shape index (κ1) is 21.4. The highest BCUT2D eigenvalue weighted by Crippen LogP contribution is 2.39. The van der Waals surface area contributed by atoms with Gasteiger partial charge >= 0.3 is 0 Å². The zero-order valence-corrected chi connectivity index (χ0v) is 16.9. The van der Waals surface area contributed by atoms with E-state index in [2.05, 4.69) is 0 Å². The molecule has 4 atom stereocenters. The monoisotopic (exact) mass is 428 g/mol. The quantitative estimate of drug-likeness (QED) is 0.444. The van der Waals surface area contributed by atoms with Crippen LogP contribution in [0.1, 0.15) is 49.0 Å². The van der Waals surface area contributed by atoms with E-state index in [0.717, 1.165) is 36.8 Å². The van der Waals surface area contributed by atoms with Gasteiger partial charge in [-0.3, -0.25) is 20.2 Å².